The van der Waals surface area contributed by atoms with E-state index >= 15 is 0 Å². The fraction of sp³-hybridized carbons (Fsp3) is 0.500. The molecule has 1 unspecified atom stereocenters. The van der Waals surface area contributed by atoms with E-state index in [1.165, 1.54) is 0 Å². The molecule has 0 saturated carbocycles. The third-order valence-corrected chi connectivity index (χ3v) is 2.57. The maximum atomic E-state index is 5.81. The highest BCUT2D eigenvalue weighted by Crippen LogP contribution is 2.20. The molecule has 0 bridgehead atoms. The van der Waals surface area contributed by atoms with Crippen LogP contribution in [0.15, 0.2) is 24.3 Å². The number of hydrogen-bond donors (Lipinski definition) is 1. The van der Waals surface area contributed by atoms with Crippen LogP contribution in [0.2, 0.25) is 0 Å². The van der Waals surface area contributed by atoms with Gasteiger partial charge in [0.2, 0.25) is 0 Å². The average Bonchev–Trinajstić information content (AvgIpc) is 2.71. The highest BCUT2D eigenvalue weighted by molar-refractivity contribution is 5.30. The van der Waals surface area contributed by atoms with Crippen molar-refractivity contribution in [3.05, 3.63) is 29.8 Å². The summed E-state index contributed by atoms with van der Waals surface area (Å²) in [4.78, 5) is 0. The fourth-order valence-electron chi connectivity index (χ4n) is 1.67. The molecule has 1 heterocycles. The van der Waals surface area contributed by atoms with Gasteiger partial charge in [-0.25, -0.2) is 0 Å². The Labute approximate surface area is 90.2 Å². The first-order valence-corrected chi connectivity index (χ1v) is 5.35. The van der Waals surface area contributed by atoms with E-state index in [9.17, 15) is 0 Å². The molecule has 2 N–H and O–H groups in total. The van der Waals surface area contributed by atoms with Gasteiger partial charge in [-0.05, 0) is 24.6 Å². The van der Waals surface area contributed by atoms with Crippen molar-refractivity contribution >= 4 is 0 Å². The highest BCUT2D eigenvalue weighted by atomic mass is 16.5. The molecule has 0 spiro atoms. The van der Waals surface area contributed by atoms with Gasteiger partial charge in [0.1, 0.15) is 11.9 Å². The van der Waals surface area contributed by atoms with Gasteiger partial charge in [0.25, 0.3) is 0 Å². The summed E-state index contributed by atoms with van der Waals surface area (Å²) in [7, 11) is 0. The maximum absolute atomic E-state index is 5.81. The molecular weight excluding hydrogens is 190 g/mol. The van der Waals surface area contributed by atoms with Crippen molar-refractivity contribution in [2.45, 2.75) is 25.5 Å². The Morgan fingerprint density at radius 1 is 1.53 bits per heavy atom. The third-order valence-electron chi connectivity index (χ3n) is 2.57. The molecule has 1 saturated heterocycles. The molecule has 2 rings (SSSR count). The lowest BCUT2D eigenvalue weighted by Crippen LogP contribution is -2.16. The fourth-order valence-corrected chi connectivity index (χ4v) is 1.67. The zero-order valence-electron chi connectivity index (χ0n) is 8.98. The minimum atomic E-state index is 0.0494. The summed E-state index contributed by atoms with van der Waals surface area (Å²) >= 11 is 0. The molecule has 3 heteroatoms. The van der Waals surface area contributed by atoms with E-state index in [-0.39, 0.29) is 12.1 Å². The minimum absolute atomic E-state index is 0.0494. The van der Waals surface area contributed by atoms with Crippen LogP contribution in [0.25, 0.3) is 0 Å². The zero-order valence-corrected chi connectivity index (χ0v) is 8.98. The molecule has 0 amide bonds. The highest BCUT2D eigenvalue weighted by Gasteiger charge is 2.17. The van der Waals surface area contributed by atoms with Gasteiger partial charge in [-0.1, -0.05) is 12.1 Å². The Morgan fingerprint density at radius 3 is 3.07 bits per heavy atom. The predicted molar refractivity (Wildman–Crippen MR) is 58.9 cm³/mol. The topological polar surface area (TPSA) is 44.5 Å². The Morgan fingerprint density at radius 2 is 2.40 bits per heavy atom. The summed E-state index contributed by atoms with van der Waals surface area (Å²) in [6, 6.07) is 8.01. The van der Waals surface area contributed by atoms with Gasteiger partial charge in [0.05, 0.1) is 13.2 Å². The van der Waals surface area contributed by atoms with Crippen LogP contribution in [0, 0.1) is 0 Å². The van der Waals surface area contributed by atoms with Crippen LogP contribution in [0.3, 0.4) is 0 Å². The Bertz CT molecular complexity index is 319. The molecule has 0 radical (unpaired) electrons. The second-order valence-electron chi connectivity index (χ2n) is 3.96. The Balaban J connectivity index is 2.04. The van der Waals surface area contributed by atoms with Crippen LogP contribution in [0.1, 0.15) is 24.9 Å². The molecular formula is C12H17NO2. The maximum Gasteiger partial charge on any atom is 0.124 e. The van der Waals surface area contributed by atoms with E-state index in [1.54, 1.807) is 0 Å². The van der Waals surface area contributed by atoms with Gasteiger partial charge < -0.3 is 15.2 Å². The summed E-state index contributed by atoms with van der Waals surface area (Å²) in [6.45, 7) is 3.47. The summed E-state index contributed by atoms with van der Waals surface area (Å²) in [6.07, 6.45) is 1.18. The molecule has 0 aromatic heterocycles. The van der Waals surface area contributed by atoms with Crippen molar-refractivity contribution in [3.63, 3.8) is 0 Å². The lowest BCUT2D eigenvalue weighted by molar-refractivity contribution is 0.141. The second-order valence-corrected chi connectivity index (χ2v) is 3.96. The standard InChI is InChI=1S/C12H17NO2/c1-9(13)10-3-2-4-11(7-10)15-12-5-6-14-8-12/h2-4,7,9,12H,5-6,8,13H2,1H3/t9-,12?/m1/s1. The van der Waals surface area contributed by atoms with Crippen molar-refractivity contribution in [1.82, 2.24) is 0 Å². The van der Waals surface area contributed by atoms with E-state index < -0.39 is 0 Å². The van der Waals surface area contributed by atoms with Gasteiger partial charge in [-0.3, -0.25) is 0 Å². The lowest BCUT2D eigenvalue weighted by atomic mass is 10.1. The molecule has 1 aromatic rings. The van der Waals surface area contributed by atoms with Crippen LogP contribution >= 0.6 is 0 Å². The van der Waals surface area contributed by atoms with Gasteiger partial charge in [0.15, 0.2) is 0 Å². The van der Waals surface area contributed by atoms with Gasteiger partial charge in [0, 0.05) is 12.5 Å². The first kappa shape index (κ1) is 10.5. The summed E-state index contributed by atoms with van der Waals surface area (Å²) in [5.41, 5.74) is 6.91. The number of rotatable bonds is 3. The zero-order chi connectivity index (χ0) is 10.7. The Kier molecular flexibility index (Phi) is 3.23. The van der Waals surface area contributed by atoms with Crippen LogP contribution in [-0.4, -0.2) is 19.3 Å². The largest absolute Gasteiger partial charge is 0.488 e. The quantitative estimate of drug-likeness (QED) is 0.823. The molecule has 15 heavy (non-hydrogen) atoms. The predicted octanol–water partition coefficient (Wildman–Crippen LogP) is 1.87. The van der Waals surface area contributed by atoms with Crippen LogP contribution < -0.4 is 10.5 Å². The van der Waals surface area contributed by atoms with E-state index in [0.717, 1.165) is 24.3 Å². The third kappa shape index (κ3) is 2.70. The minimum Gasteiger partial charge on any atom is -0.488 e. The smallest absolute Gasteiger partial charge is 0.124 e. The van der Waals surface area contributed by atoms with Gasteiger partial charge >= 0.3 is 0 Å². The normalized spacial score (nSPS) is 22.7. The molecule has 0 aliphatic carbocycles. The van der Waals surface area contributed by atoms with Gasteiger partial charge in [-0.2, -0.15) is 0 Å². The van der Waals surface area contributed by atoms with E-state index in [1.807, 2.05) is 31.2 Å². The number of hydrogen-bond acceptors (Lipinski definition) is 3. The van der Waals surface area contributed by atoms with Crippen molar-refractivity contribution in [3.8, 4) is 5.75 Å². The number of benzene rings is 1. The summed E-state index contributed by atoms with van der Waals surface area (Å²) < 4.78 is 11.0. The Hall–Kier alpha value is -1.06. The molecule has 1 aliphatic rings. The van der Waals surface area contributed by atoms with Crippen molar-refractivity contribution in [2.75, 3.05) is 13.2 Å². The van der Waals surface area contributed by atoms with E-state index in [0.29, 0.717) is 6.61 Å². The number of ether oxygens (including phenoxy) is 2. The SMILES string of the molecule is C[C@@H](N)c1cccc(OC2CCOC2)c1. The molecule has 1 aliphatic heterocycles. The monoisotopic (exact) mass is 207 g/mol. The summed E-state index contributed by atoms with van der Waals surface area (Å²) in [5, 5.41) is 0. The van der Waals surface area contributed by atoms with Crippen LogP contribution in [-0.2, 0) is 4.74 Å². The summed E-state index contributed by atoms with van der Waals surface area (Å²) in [5.74, 6) is 0.889. The van der Waals surface area contributed by atoms with E-state index in [2.05, 4.69) is 0 Å². The van der Waals surface area contributed by atoms with Crippen molar-refractivity contribution in [1.29, 1.82) is 0 Å². The first-order chi connectivity index (χ1) is 7.25. The van der Waals surface area contributed by atoms with Crippen molar-refractivity contribution < 1.29 is 9.47 Å². The lowest BCUT2D eigenvalue weighted by Gasteiger charge is -2.13. The van der Waals surface area contributed by atoms with E-state index in [4.69, 9.17) is 15.2 Å². The van der Waals surface area contributed by atoms with Gasteiger partial charge in [-0.15, -0.1) is 0 Å². The second kappa shape index (κ2) is 4.64. The molecule has 82 valence electrons. The molecule has 3 nitrogen and oxygen atoms in total. The van der Waals surface area contributed by atoms with Crippen LogP contribution in [0.4, 0.5) is 0 Å². The van der Waals surface area contributed by atoms with Crippen molar-refractivity contribution in [2.24, 2.45) is 5.73 Å². The molecule has 1 fully saturated rings. The van der Waals surface area contributed by atoms with Crippen LogP contribution in [0.5, 0.6) is 5.75 Å². The molecule has 2 atom stereocenters. The average molecular weight is 207 g/mol. The molecule has 1 aromatic carbocycles. The first-order valence-electron chi connectivity index (χ1n) is 5.35. The number of nitrogens with two attached hydrogens (primary N) is 1.